The fourth-order valence-electron chi connectivity index (χ4n) is 3.50. The van der Waals surface area contributed by atoms with Gasteiger partial charge in [-0.15, -0.1) is 0 Å². The van der Waals surface area contributed by atoms with Crippen LogP contribution in [0.5, 0.6) is 5.75 Å². The molecule has 1 aliphatic rings. The van der Waals surface area contributed by atoms with Crippen LogP contribution < -0.4 is 15.4 Å². The fourth-order valence-corrected chi connectivity index (χ4v) is 3.50. The van der Waals surface area contributed by atoms with Gasteiger partial charge in [-0.25, -0.2) is 0 Å². The zero-order chi connectivity index (χ0) is 19.8. The van der Waals surface area contributed by atoms with E-state index in [2.05, 4.69) is 22.8 Å². The molecule has 0 aliphatic heterocycles. The first kappa shape index (κ1) is 19.9. The Morgan fingerprint density at radius 2 is 1.43 bits per heavy atom. The van der Waals surface area contributed by atoms with Crippen LogP contribution in [0.25, 0.3) is 0 Å². The number of carbonyl (C=O) groups is 2. The zero-order valence-electron chi connectivity index (χ0n) is 16.4. The highest BCUT2D eigenvalue weighted by Crippen LogP contribution is 2.33. The topological polar surface area (TPSA) is 67.4 Å². The average Bonchev–Trinajstić information content (AvgIpc) is 2.74. The van der Waals surface area contributed by atoms with E-state index in [0.717, 1.165) is 0 Å². The van der Waals surface area contributed by atoms with Gasteiger partial charge in [-0.1, -0.05) is 38.3 Å². The minimum absolute atomic E-state index is 0.0420. The van der Waals surface area contributed by atoms with E-state index in [-0.39, 0.29) is 18.4 Å². The van der Waals surface area contributed by atoms with E-state index in [1.807, 2.05) is 12.1 Å². The summed E-state index contributed by atoms with van der Waals surface area (Å²) in [6.07, 6.45) is 6.94. The van der Waals surface area contributed by atoms with Gasteiger partial charge in [0.25, 0.3) is 5.91 Å². The maximum Gasteiger partial charge on any atom is 0.262 e. The van der Waals surface area contributed by atoms with Gasteiger partial charge in [-0.3, -0.25) is 9.59 Å². The van der Waals surface area contributed by atoms with Crippen LogP contribution in [0.15, 0.2) is 48.5 Å². The van der Waals surface area contributed by atoms with Gasteiger partial charge in [0.1, 0.15) is 5.75 Å². The highest BCUT2D eigenvalue weighted by atomic mass is 16.5. The third kappa shape index (κ3) is 5.84. The highest BCUT2D eigenvalue weighted by Gasteiger charge is 2.15. The summed E-state index contributed by atoms with van der Waals surface area (Å²) in [7, 11) is 0. The lowest BCUT2D eigenvalue weighted by Crippen LogP contribution is -2.20. The minimum Gasteiger partial charge on any atom is -0.484 e. The van der Waals surface area contributed by atoms with Gasteiger partial charge in [0.05, 0.1) is 0 Å². The van der Waals surface area contributed by atoms with Crippen molar-refractivity contribution in [1.82, 2.24) is 0 Å². The molecule has 0 heterocycles. The van der Waals surface area contributed by atoms with E-state index in [0.29, 0.717) is 29.5 Å². The van der Waals surface area contributed by atoms with Crippen LogP contribution in [0.2, 0.25) is 0 Å². The minimum atomic E-state index is -0.221. The molecule has 0 aromatic heterocycles. The number of carbonyl (C=O) groups excluding carboxylic acids is 2. The lowest BCUT2D eigenvalue weighted by atomic mass is 9.84. The van der Waals surface area contributed by atoms with E-state index in [4.69, 9.17) is 4.74 Å². The summed E-state index contributed by atoms with van der Waals surface area (Å²) in [6, 6.07) is 15.1. The molecule has 0 saturated heterocycles. The summed E-state index contributed by atoms with van der Waals surface area (Å²) in [6.45, 7) is 1.75. The molecule has 0 radical (unpaired) electrons. The van der Waals surface area contributed by atoms with Crippen molar-refractivity contribution in [3.05, 3.63) is 54.1 Å². The van der Waals surface area contributed by atoms with Crippen molar-refractivity contribution >= 4 is 23.2 Å². The molecule has 0 unspecified atom stereocenters. The quantitative estimate of drug-likeness (QED) is 0.702. The summed E-state index contributed by atoms with van der Waals surface area (Å²) in [5, 5.41) is 5.56. The number of hydrogen-bond acceptors (Lipinski definition) is 3. The smallest absolute Gasteiger partial charge is 0.262 e. The van der Waals surface area contributed by atoms with Crippen LogP contribution in [0.3, 0.4) is 0 Å². The van der Waals surface area contributed by atoms with Crippen LogP contribution in [-0.2, 0) is 9.59 Å². The molecule has 0 spiro atoms. The lowest BCUT2D eigenvalue weighted by Gasteiger charge is -2.22. The standard InChI is InChI=1S/C23H28N2O3/c1-2-22(26)24-19-10-12-20(13-11-19)25-23(27)16-28-21-14-8-18(9-15-21)17-6-4-3-5-7-17/h8-15,17H,2-7,16H2,1H3,(H,24,26)(H,25,27). The van der Waals surface area contributed by atoms with Crippen molar-refractivity contribution < 1.29 is 14.3 Å². The Hall–Kier alpha value is -2.82. The molecule has 1 fully saturated rings. The SMILES string of the molecule is CCC(=O)Nc1ccc(NC(=O)COc2ccc(C3CCCCC3)cc2)cc1. The van der Waals surface area contributed by atoms with Crippen LogP contribution in [0, 0.1) is 0 Å². The second-order valence-corrected chi connectivity index (χ2v) is 7.22. The van der Waals surface area contributed by atoms with Crippen molar-refractivity contribution in [3.63, 3.8) is 0 Å². The third-order valence-electron chi connectivity index (χ3n) is 5.10. The maximum absolute atomic E-state index is 12.1. The van der Waals surface area contributed by atoms with E-state index < -0.39 is 0 Å². The molecular weight excluding hydrogens is 352 g/mol. The van der Waals surface area contributed by atoms with Crippen molar-refractivity contribution in [2.24, 2.45) is 0 Å². The third-order valence-corrected chi connectivity index (χ3v) is 5.10. The van der Waals surface area contributed by atoms with Gasteiger partial charge < -0.3 is 15.4 Å². The Labute approximate surface area is 166 Å². The van der Waals surface area contributed by atoms with E-state index >= 15 is 0 Å². The number of anilines is 2. The van der Waals surface area contributed by atoms with Gasteiger partial charge in [0.2, 0.25) is 5.91 Å². The first-order valence-electron chi connectivity index (χ1n) is 10.1. The predicted octanol–water partition coefficient (Wildman–Crippen LogP) is 5.10. The molecule has 3 rings (SSSR count). The van der Waals surface area contributed by atoms with Gasteiger partial charge in [0.15, 0.2) is 6.61 Å². The molecule has 2 amide bonds. The molecule has 28 heavy (non-hydrogen) atoms. The van der Waals surface area contributed by atoms with E-state index in [1.165, 1.54) is 37.7 Å². The number of amides is 2. The van der Waals surface area contributed by atoms with E-state index in [1.54, 1.807) is 31.2 Å². The first-order chi connectivity index (χ1) is 13.6. The van der Waals surface area contributed by atoms with Crippen molar-refractivity contribution in [1.29, 1.82) is 0 Å². The molecular formula is C23H28N2O3. The van der Waals surface area contributed by atoms with Crippen molar-refractivity contribution in [2.75, 3.05) is 17.2 Å². The van der Waals surface area contributed by atoms with Crippen LogP contribution in [0.4, 0.5) is 11.4 Å². The Morgan fingerprint density at radius 3 is 2.00 bits per heavy atom. The van der Waals surface area contributed by atoms with E-state index in [9.17, 15) is 9.59 Å². The largest absolute Gasteiger partial charge is 0.484 e. The summed E-state index contributed by atoms with van der Waals surface area (Å²) in [5.74, 6) is 1.10. The molecule has 0 atom stereocenters. The summed E-state index contributed by atoms with van der Waals surface area (Å²) >= 11 is 0. The Bertz CT molecular complexity index is 778. The van der Waals surface area contributed by atoms with Crippen LogP contribution in [-0.4, -0.2) is 18.4 Å². The molecule has 5 nitrogen and oxygen atoms in total. The van der Waals surface area contributed by atoms with Gasteiger partial charge >= 0.3 is 0 Å². The summed E-state index contributed by atoms with van der Waals surface area (Å²) in [4.78, 5) is 23.5. The van der Waals surface area contributed by atoms with Gasteiger partial charge in [0, 0.05) is 17.8 Å². The van der Waals surface area contributed by atoms with Crippen molar-refractivity contribution in [2.45, 2.75) is 51.4 Å². The molecule has 2 N–H and O–H groups in total. The predicted molar refractivity (Wildman–Crippen MR) is 112 cm³/mol. The number of nitrogens with one attached hydrogen (secondary N) is 2. The van der Waals surface area contributed by atoms with Crippen molar-refractivity contribution in [3.8, 4) is 5.75 Å². The number of ether oxygens (including phenoxy) is 1. The Balaban J connectivity index is 1.45. The second kappa shape index (κ2) is 9.93. The highest BCUT2D eigenvalue weighted by molar-refractivity contribution is 5.93. The molecule has 2 aromatic rings. The molecule has 0 bridgehead atoms. The average molecular weight is 380 g/mol. The Morgan fingerprint density at radius 1 is 0.857 bits per heavy atom. The van der Waals surface area contributed by atoms with Crippen LogP contribution >= 0.6 is 0 Å². The molecule has 148 valence electrons. The number of benzene rings is 2. The number of rotatable bonds is 7. The second-order valence-electron chi connectivity index (χ2n) is 7.22. The summed E-state index contributed by atoms with van der Waals surface area (Å²) in [5.41, 5.74) is 2.74. The van der Waals surface area contributed by atoms with Crippen LogP contribution in [0.1, 0.15) is 56.9 Å². The first-order valence-corrected chi connectivity index (χ1v) is 10.1. The molecule has 1 saturated carbocycles. The zero-order valence-corrected chi connectivity index (χ0v) is 16.4. The molecule has 2 aromatic carbocycles. The lowest BCUT2D eigenvalue weighted by molar-refractivity contribution is -0.118. The molecule has 5 heteroatoms. The van der Waals surface area contributed by atoms with Gasteiger partial charge in [-0.2, -0.15) is 0 Å². The van der Waals surface area contributed by atoms with Gasteiger partial charge in [-0.05, 0) is 60.7 Å². The summed E-state index contributed by atoms with van der Waals surface area (Å²) < 4.78 is 5.60. The Kier molecular flexibility index (Phi) is 7.06. The maximum atomic E-state index is 12.1. The monoisotopic (exact) mass is 380 g/mol. The molecule has 1 aliphatic carbocycles. The fraction of sp³-hybridized carbons (Fsp3) is 0.391. The normalized spacial score (nSPS) is 14.3. The number of hydrogen-bond donors (Lipinski definition) is 2.